The van der Waals surface area contributed by atoms with Gasteiger partial charge in [-0.1, -0.05) is 30.3 Å². The highest BCUT2D eigenvalue weighted by molar-refractivity contribution is 5.94. The van der Waals surface area contributed by atoms with Crippen LogP contribution in [0.3, 0.4) is 0 Å². The normalized spacial score (nSPS) is 12.8. The van der Waals surface area contributed by atoms with Crippen LogP contribution in [0.5, 0.6) is 0 Å². The van der Waals surface area contributed by atoms with Crippen LogP contribution in [0.1, 0.15) is 29.9 Å². The number of rotatable bonds is 6. The number of carbonyl (C=O) groups excluding carboxylic acids is 1. The number of nitriles is 1. The maximum atomic E-state index is 12.5. The van der Waals surface area contributed by atoms with Crippen molar-refractivity contribution in [2.75, 3.05) is 5.32 Å². The second-order valence-corrected chi connectivity index (χ2v) is 5.93. The zero-order valence-corrected chi connectivity index (χ0v) is 14.3. The number of hydrogen-bond donors (Lipinski definition) is 2. The number of carbonyl (C=O) groups is 1. The minimum absolute atomic E-state index is 0.165. The van der Waals surface area contributed by atoms with Gasteiger partial charge in [0, 0.05) is 5.69 Å². The lowest BCUT2D eigenvalue weighted by Crippen LogP contribution is -2.40. The fraction of sp³-hybridized carbons (Fsp3) is 0.143. The Morgan fingerprint density at radius 3 is 2.38 bits per heavy atom. The van der Waals surface area contributed by atoms with E-state index in [4.69, 9.17) is 9.68 Å². The summed E-state index contributed by atoms with van der Waals surface area (Å²) in [6, 6.07) is 21.7. The second-order valence-electron chi connectivity index (χ2n) is 5.93. The number of amides is 1. The topological polar surface area (TPSA) is 78.1 Å². The van der Waals surface area contributed by atoms with Crippen LogP contribution in [0.4, 0.5) is 5.69 Å². The van der Waals surface area contributed by atoms with E-state index >= 15 is 0 Å². The minimum atomic E-state index is -0.457. The van der Waals surface area contributed by atoms with Gasteiger partial charge in [0.25, 0.3) is 0 Å². The van der Waals surface area contributed by atoms with Gasteiger partial charge >= 0.3 is 0 Å². The Morgan fingerprint density at radius 1 is 1.04 bits per heavy atom. The molecule has 3 rings (SSSR count). The van der Waals surface area contributed by atoms with E-state index in [9.17, 15) is 4.79 Å². The molecular formula is C21H19N3O2. The van der Waals surface area contributed by atoms with Gasteiger partial charge in [0.1, 0.15) is 5.76 Å². The summed E-state index contributed by atoms with van der Waals surface area (Å²) >= 11 is 0. The van der Waals surface area contributed by atoms with Gasteiger partial charge in [-0.15, -0.1) is 0 Å². The fourth-order valence-electron chi connectivity index (χ4n) is 2.65. The molecule has 0 aliphatic heterocycles. The first-order valence-corrected chi connectivity index (χ1v) is 8.33. The van der Waals surface area contributed by atoms with E-state index in [0.29, 0.717) is 11.3 Å². The summed E-state index contributed by atoms with van der Waals surface area (Å²) in [5, 5.41) is 15.0. The van der Waals surface area contributed by atoms with Crippen LogP contribution in [0.25, 0.3) is 0 Å². The number of hydrogen-bond acceptors (Lipinski definition) is 4. The molecule has 0 radical (unpaired) electrons. The quantitative estimate of drug-likeness (QED) is 0.711. The molecule has 1 aromatic heterocycles. The SMILES string of the molecule is C[C@H](N[C@H](c1ccccc1)c1ccco1)C(=O)Nc1ccc(C#N)cc1. The maximum absolute atomic E-state index is 12.5. The lowest BCUT2D eigenvalue weighted by molar-refractivity contribution is -0.117. The van der Waals surface area contributed by atoms with Gasteiger partial charge in [0.05, 0.1) is 30.0 Å². The minimum Gasteiger partial charge on any atom is -0.467 e. The Kier molecular flexibility index (Phi) is 5.47. The molecule has 2 aromatic carbocycles. The van der Waals surface area contributed by atoms with Crippen molar-refractivity contribution in [3.05, 3.63) is 89.9 Å². The Hall–Kier alpha value is -3.36. The highest BCUT2D eigenvalue weighted by Crippen LogP contribution is 2.23. The fourth-order valence-corrected chi connectivity index (χ4v) is 2.65. The van der Waals surface area contributed by atoms with Crippen molar-refractivity contribution < 1.29 is 9.21 Å². The van der Waals surface area contributed by atoms with E-state index in [1.165, 1.54) is 0 Å². The molecular weight excluding hydrogens is 326 g/mol. The summed E-state index contributed by atoms with van der Waals surface area (Å²) in [6.07, 6.45) is 1.62. The molecule has 0 fully saturated rings. The van der Waals surface area contributed by atoms with Crippen molar-refractivity contribution in [3.8, 4) is 6.07 Å². The molecule has 130 valence electrons. The molecule has 1 heterocycles. The summed E-state index contributed by atoms with van der Waals surface area (Å²) in [5.41, 5.74) is 2.22. The van der Waals surface area contributed by atoms with Gasteiger partial charge in [-0.25, -0.2) is 0 Å². The van der Waals surface area contributed by atoms with Crippen molar-refractivity contribution in [2.45, 2.75) is 19.0 Å². The van der Waals surface area contributed by atoms with Crippen molar-refractivity contribution in [1.29, 1.82) is 5.26 Å². The van der Waals surface area contributed by atoms with Gasteiger partial charge in [-0.3, -0.25) is 10.1 Å². The van der Waals surface area contributed by atoms with Crippen LogP contribution < -0.4 is 10.6 Å². The highest BCUT2D eigenvalue weighted by atomic mass is 16.3. The van der Waals surface area contributed by atoms with Crippen LogP contribution in [0.15, 0.2) is 77.4 Å². The third-order valence-electron chi connectivity index (χ3n) is 4.05. The van der Waals surface area contributed by atoms with Crippen LogP contribution in [0, 0.1) is 11.3 Å². The Morgan fingerprint density at radius 2 is 1.77 bits per heavy atom. The molecule has 0 aliphatic carbocycles. The molecule has 1 amide bonds. The smallest absolute Gasteiger partial charge is 0.241 e. The molecule has 5 heteroatoms. The van der Waals surface area contributed by atoms with Crippen molar-refractivity contribution >= 4 is 11.6 Å². The van der Waals surface area contributed by atoms with Crippen molar-refractivity contribution in [1.82, 2.24) is 5.32 Å². The average Bonchev–Trinajstić information content (AvgIpc) is 3.21. The number of nitrogens with one attached hydrogen (secondary N) is 2. The number of benzene rings is 2. The summed E-state index contributed by atoms with van der Waals surface area (Å²) < 4.78 is 5.55. The molecule has 2 N–H and O–H groups in total. The van der Waals surface area contributed by atoms with E-state index in [2.05, 4.69) is 16.7 Å². The molecule has 2 atom stereocenters. The number of furan rings is 1. The molecule has 26 heavy (non-hydrogen) atoms. The van der Waals surface area contributed by atoms with Crippen LogP contribution in [-0.2, 0) is 4.79 Å². The highest BCUT2D eigenvalue weighted by Gasteiger charge is 2.22. The van der Waals surface area contributed by atoms with E-state index in [1.54, 1.807) is 37.5 Å². The van der Waals surface area contributed by atoms with Crippen LogP contribution >= 0.6 is 0 Å². The third kappa shape index (κ3) is 4.18. The molecule has 0 aliphatic rings. The predicted molar refractivity (Wildman–Crippen MR) is 99.4 cm³/mol. The molecule has 3 aromatic rings. The lowest BCUT2D eigenvalue weighted by atomic mass is 10.0. The summed E-state index contributed by atoms with van der Waals surface area (Å²) in [7, 11) is 0. The van der Waals surface area contributed by atoms with Crippen molar-refractivity contribution in [2.24, 2.45) is 0 Å². The predicted octanol–water partition coefficient (Wildman–Crippen LogP) is 3.86. The largest absolute Gasteiger partial charge is 0.467 e. The average molecular weight is 345 g/mol. The van der Waals surface area contributed by atoms with E-state index in [1.807, 2.05) is 42.5 Å². The number of nitrogens with zero attached hydrogens (tertiary/aromatic N) is 1. The molecule has 0 bridgehead atoms. The van der Waals surface area contributed by atoms with Crippen LogP contribution in [0.2, 0.25) is 0 Å². The van der Waals surface area contributed by atoms with Gasteiger partial charge in [-0.2, -0.15) is 5.26 Å². The zero-order valence-electron chi connectivity index (χ0n) is 14.3. The zero-order chi connectivity index (χ0) is 18.4. The first-order chi connectivity index (χ1) is 12.7. The van der Waals surface area contributed by atoms with Crippen LogP contribution in [-0.4, -0.2) is 11.9 Å². The summed E-state index contributed by atoms with van der Waals surface area (Å²) in [4.78, 5) is 12.5. The van der Waals surface area contributed by atoms with Gasteiger partial charge in [-0.05, 0) is 48.9 Å². The summed E-state index contributed by atoms with van der Waals surface area (Å²) in [5.74, 6) is 0.580. The third-order valence-corrected chi connectivity index (χ3v) is 4.05. The number of anilines is 1. The molecule has 0 unspecified atom stereocenters. The Bertz CT molecular complexity index is 881. The second kappa shape index (κ2) is 8.15. The molecule has 0 saturated heterocycles. The van der Waals surface area contributed by atoms with Gasteiger partial charge < -0.3 is 9.73 Å². The van der Waals surface area contributed by atoms with E-state index in [-0.39, 0.29) is 11.9 Å². The molecule has 0 spiro atoms. The van der Waals surface area contributed by atoms with E-state index < -0.39 is 6.04 Å². The first kappa shape index (κ1) is 17.5. The van der Waals surface area contributed by atoms with E-state index in [0.717, 1.165) is 11.3 Å². The molecule has 0 saturated carbocycles. The monoisotopic (exact) mass is 345 g/mol. The maximum Gasteiger partial charge on any atom is 0.241 e. The molecule has 5 nitrogen and oxygen atoms in total. The van der Waals surface area contributed by atoms with Gasteiger partial charge in [0.2, 0.25) is 5.91 Å². The Labute approximate surface area is 152 Å². The first-order valence-electron chi connectivity index (χ1n) is 8.33. The summed E-state index contributed by atoms with van der Waals surface area (Å²) in [6.45, 7) is 1.80. The Balaban J connectivity index is 1.72. The lowest BCUT2D eigenvalue weighted by Gasteiger charge is -2.22. The van der Waals surface area contributed by atoms with Crippen molar-refractivity contribution in [3.63, 3.8) is 0 Å². The standard InChI is InChI=1S/C21H19N3O2/c1-15(21(25)24-18-11-9-16(14-22)10-12-18)23-20(19-8-5-13-26-19)17-6-3-2-4-7-17/h2-13,15,20,23H,1H3,(H,24,25)/t15-,20+/m0/s1. The van der Waals surface area contributed by atoms with Gasteiger partial charge in [0.15, 0.2) is 0 Å².